The van der Waals surface area contributed by atoms with E-state index in [1.54, 1.807) is 19.1 Å². The van der Waals surface area contributed by atoms with Crippen LogP contribution in [0.5, 0.6) is 5.75 Å². The number of benzene rings is 1. The Bertz CT molecular complexity index is 739. The summed E-state index contributed by atoms with van der Waals surface area (Å²) in [6, 6.07) is 6.49. The van der Waals surface area contributed by atoms with Crippen molar-refractivity contribution in [2.75, 3.05) is 12.4 Å². The zero-order valence-corrected chi connectivity index (χ0v) is 13.2. The molecule has 0 aliphatic carbocycles. The van der Waals surface area contributed by atoms with Crippen LogP contribution in [-0.2, 0) is 16.0 Å². The number of amides is 1. The minimum atomic E-state index is -0.522. The van der Waals surface area contributed by atoms with Crippen LogP contribution in [0.3, 0.4) is 0 Å². The topological polar surface area (TPSA) is 88.5 Å². The second-order valence-electron chi connectivity index (χ2n) is 5.22. The number of aromatic nitrogens is 1. The van der Waals surface area contributed by atoms with Crippen molar-refractivity contribution in [3.05, 3.63) is 52.8 Å². The zero-order chi connectivity index (χ0) is 17.0. The van der Waals surface area contributed by atoms with Crippen molar-refractivity contribution in [1.82, 2.24) is 4.98 Å². The molecule has 1 aromatic carbocycles. The van der Waals surface area contributed by atoms with Crippen LogP contribution in [-0.4, -0.2) is 29.1 Å². The Kier molecular flexibility index (Phi) is 4.95. The molecule has 23 heavy (non-hydrogen) atoms. The maximum absolute atomic E-state index is 12.1. The van der Waals surface area contributed by atoms with E-state index in [0.717, 1.165) is 11.1 Å². The van der Waals surface area contributed by atoms with Gasteiger partial charge in [-0.25, -0.2) is 9.78 Å². The van der Waals surface area contributed by atoms with Crippen LogP contribution in [0.4, 0.5) is 5.69 Å². The SMILES string of the molecule is COC(=O)c1ccc(CC(=O)Nc2cc(O)c(C)cc2C)cn1. The maximum atomic E-state index is 12.1. The number of esters is 1. The van der Waals surface area contributed by atoms with Crippen LogP contribution >= 0.6 is 0 Å². The van der Waals surface area contributed by atoms with Crippen molar-refractivity contribution in [2.24, 2.45) is 0 Å². The molecular formula is C17H18N2O4. The number of aryl methyl sites for hydroxylation is 2. The van der Waals surface area contributed by atoms with Gasteiger partial charge in [0.15, 0.2) is 0 Å². The number of phenols is 1. The highest BCUT2D eigenvalue weighted by Gasteiger charge is 2.10. The molecule has 120 valence electrons. The molecule has 0 radical (unpaired) electrons. The van der Waals surface area contributed by atoms with Gasteiger partial charge in [0.05, 0.1) is 13.5 Å². The summed E-state index contributed by atoms with van der Waals surface area (Å²) >= 11 is 0. The van der Waals surface area contributed by atoms with Gasteiger partial charge in [0.1, 0.15) is 11.4 Å². The van der Waals surface area contributed by atoms with Gasteiger partial charge in [0, 0.05) is 18.0 Å². The quantitative estimate of drug-likeness (QED) is 0.846. The first-order chi connectivity index (χ1) is 10.9. The number of methoxy groups -OCH3 is 1. The number of rotatable bonds is 4. The second-order valence-corrected chi connectivity index (χ2v) is 5.22. The lowest BCUT2D eigenvalue weighted by molar-refractivity contribution is -0.115. The van der Waals surface area contributed by atoms with Gasteiger partial charge in [0.2, 0.25) is 5.91 Å². The molecule has 0 bridgehead atoms. The van der Waals surface area contributed by atoms with Crippen molar-refractivity contribution in [3.8, 4) is 5.75 Å². The van der Waals surface area contributed by atoms with Crippen LogP contribution in [0, 0.1) is 13.8 Å². The number of ether oxygens (including phenoxy) is 1. The Hall–Kier alpha value is -2.89. The highest BCUT2D eigenvalue weighted by Crippen LogP contribution is 2.25. The number of phenolic OH excluding ortho intramolecular Hbond substituents is 1. The van der Waals surface area contributed by atoms with Crippen molar-refractivity contribution in [2.45, 2.75) is 20.3 Å². The molecule has 6 heteroatoms. The molecule has 6 nitrogen and oxygen atoms in total. The van der Waals surface area contributed by atoms with E-state index >= 15 is 0 Å². The van der Waals surface area contributed by atoms with Gasteiger partial charge in [0.25, 0.3) is 0 Å². The highest BCUT2D eigenvalue weighted by molar-refractivity contribution is 5.93. The van der Waals surface area contributed by atoms with E-state index in [-0.39, 0.29) is 23.8 Å². The minimum Gasteiger partial charge on any atom is -0.508 e. The molecule has 0 aliphatic heterocycles. The van der Waals surface area contributed by atoms with Crippen molar-refractivity contribution >= 4 is 17.6 Å². The Balaban J connectivity index is 2.05. The number of carbonyl (C=O) groups excluding carboxylic acids is 2. The number of anilines is 1. The lowest BCUT2D eigenvalue weighted by Gasteiger charge is -2.10. The lowest BCUT2D eigenvalue weighted by Crippen LogP contribution is -2.15. The third-order valence-corrected chi connectivity index (χ3v) is 3.40. The number of hydrogen-bond acceptors (Lipinski definition) is 5. The first-order valence-corrected chi connectivity index (χ1v) is 7.04. The third kappa shape index (κ3) is 4.06. The molecule has 0 atom stereocenters. The molecule has 1 heterocycles. The average molecular weight is 314 g/mol. The van der Waals surface area contributed by atoms with Crippen molar-refractivity contribution in [3.63, 3.8) is 0 Å². The molecule has 0 spiro atoms. The Morgan fingerprint density at radius 2 is 1.96 bits per heavy atom. The maximum Gasteiger partial charge on any atom is 0.356 e. The first kappa shape index (κ1) is 16.5. The fraction of sp³-hybridized carbons (Fsp3) is 0.235. The van der Waals surface area contributed by atoms with Crippen LogP contribution < -0.4 is 5.32 Å². The Morgan fingerprint density at radius 3 is 2.57 bits per heavy atom. The summed E-state index contributed by atoms with van der Waals surface area (Å²) in [5.74, 6) is -0.620. The van der Waals surface area contributed by atoms with Crippen LogP contribution in [0.15, 0.2) is 30.5 Å². The summed E-state index contributed by atoms with van der Waals surface area (Å²) in [5, 5.41) is 12.5. The summed E-state index contributed by atoms with van der Waals surface area (Å²) < 4.78 is 4.57. The van der Waals surface area contributed by atoms with E-state index in [1.165, 1.54) is 25.4 Å². The number of nitrogens with one attached hydrogen (secondary N) is 1. The summed E-state index contributed by atoms with van der Waals surface area (Å²) in [6.07, 6.45) is 1.58. The Morgan fingerprint density at radius 1 is 1.22 bits per heavy atom. The number of hydrogen-bond donors (Lipinski definition) is 2. The summed E-state index contributed by atoms with van der Waals surface area (Å²) in [4.78, 5) is 27.3. The van der Waals surface area contributed by atoms with E-state index < -0.39 is 5.97 Å². The van der Waals surface area contributed by atoms with Crippen molar-refractivity contribution < 1.29 is 19.4 Å². The van der Waals surface area contributed by atoms with E-state index in [2.05, 4.69) is 15.0 Å². The monoisotopic (exact) mass is 314 g/mol. The summed E-state index contributed by atoms with van der Waals surface area (Å²) in [7, 11) is 1.28. The van der Waals surface area contributed by atoms with Crippen LogP contribution in [0.1, 0.15) is 27.2 Å². The molecule has 0 saturated carbocycles. The van der Waals surface area contributed by atoms with E-state index in [4.69, 9.17) is 0 Å². The molecule has 2 rings (SSSR count). The van der Waals surface area contributed by atoms with Crippen LogP contribution in [0.25, 0.3) is 0 Å². The van der Waals surface area contributed by atoms with Crippen molar-refractivity contribution in [1.29, 1.82) is 0 Å². The number of nitrogens with zero attached hydrogens (tertiary/aromatic N) is 1. The molecule has 2 aromatic rings. The molecule has 0 saturated heterocycles. The largest absolute Gasteiger partial charge is 0.508 e. The van der Waals surface area contributed by atoms with Gasteiger partial charge in [-0.2, -0.15) is 0 Å². The fourth-order valence-corrected chi connectivity index (χ4v) is 2.11. The number of carbonyl (C=O) groups is 2. The molecule has 1 aromatic heterocycles. The lowest BCUT2D eigenvalue weighted by atomic mass is 10.1. The first-order valence-electron chi connectivity index (χ1n) is 7.04. The standard InChI is InChI=1S/C17H18N2O4/c1-10-6-11(2)15(20)8-14(10)19-16(21)7-12-4-5-13(18-9-12)17(22)23-3/h4-6,8-9,20H,7H2,1-3H3,(H,19,21). The molecule has 0 unspecified atom stereocenters. The van der Waals surface area contributed by atoms with Gasteiger partial charge < -0.3 is 15.2 Å². The molecule has 0 fully saturated rings. The Labute approximate surface area is 134 Å². The predicted octanol–water partition coefficient (Wildman–Crippen LogP) is 2.37. The van der Waals surface area contributed by atoms with Gasteiger partial charge in [-0.1, -0.05) is 12.1 Å². The zero-order valence-electron chi connectivity index (χ0n) is 13.2. The molecule has 1 amide bonds. The van der Waals surface area contributed by atoms with E-state index in [0.29, 0.717) is 11.3 Å². The minimum absolute atomic E-state index is 0.114. The van der Waals surface area contributed by atoms with E-state index in [9.17, 15) is 14.7 Å². The van der Waals surface area contributed by atoms with Crippen LogP contribution in [0.2, 0.25) is 0 Å². The van der Waals surface area contributed by atoms with Gasteiger partial charge in [-0.15, -0.1) is 0 Å². The normalized spacial score (nSPS) is 10.2. The predicted molar refractivity (Wildman–Crippen MR) is 85.5 cm³/mol. The summed E-state index contributed by atoms with van der Waals surface area (Å²) in [6.45, 7) is 3.65. The second kappa shape index (κ2) is 6.91. The summed E-state index contributed by atoms with van der Waals surface area (Å²) in [5.41, 5.74) is 3.05. The van der Waals surface area contributed by atoms with E-state index in [1.807, 2.05) is 6.92 Å². The molecule has 0 aliphatic rings. The number of pyridine rings is 1. The van der Waals surface area contributed by atoms with Gasteiger partial charge >= 0.3 is 5.97 Å². The molecular weight excluding hydrogens is 296 g/mol. The highest BCUT2D eigenvalue weighted by atomic mass is 16.5. The third-order valence-electron chi connectivity index (χ3n) is 3.40. The average Bonchev–Trinajstić information content (AvgIpc) is 2.52. The fourth-order valence-electron chi connectivity index (χ4n) is 2.11. The van der Waals surface area contributed by atoms with Gasteiger partial charge in [-0.05, 0) is 36.6 Å². The smallest absolute Gasteiger partial charge is 0.356 e. The van der Waals surface area contributed by atoms with Gasteiger partial charge in [-0.3, -0.25) is 4.79 Å². The molecule has 2 N–H and O–H groups in total. The number of aromatic hydroxyl groups is 1.